The van der Waals surface area contributed by atoms with Gasteiger partial charge in [0.15, 0.2) is 6.61 Å². The fourth-order valence-corrected chi connectivity index (χ4v) is 1.29. The second kappa shape index (κ2) is 2.38. The van der Waals surface area contributed by atoms with Gasteiger partial charge >= 0.3 is 0 Å². The van der Waals surface area contributed by atoms with Crippen molar-refractivity contribution in [3.8, 4) is 5.75 Å². The van der Waals surface area contributed by atoms with Gasteiger partial charge in [0.25, 0.3) is 0 Å². The van der Waals surface area contributed by atoms with E-state index in [1.807, 2.05) is 0 Å². The van der Waals surface area contributed by atoms with E-state index in [0.717, 1.165) is 0 Å². The fourth-order valence-electron chi connectivity index (χ4n) is 1.13. The van der Waals surface area contributed by atoms with Crippen LogP contribution in [0.5, 0.6) is 5.75 Å². The smallest absolute Gasteiger partial charge is 0.203 e. The molecule has 4 heteroatoms. The molecule has 1 aromatic rings. The van der Waals surface area contributed by atoms with Crippen LogP contribution < -0.4 is 10.5 Å². The summed E-state index contributed by atoms with van der Waals surface area (Å²) >= 11 is 5.72. The standard InChI is InChI=1S/C8H6ClNO2/c9-5-1-4-7(11)3-12-8(4)2-6(5)10/h1-2H,3,10H2. The average molecular weight is 184 g/mol. The average Bonchev–Trinajstić information content (AvgIpc) is 2.35. The van der Waals surface area contributed by atoms with Gasteiger partial charge in [-0.1, -0.05) is 11.6 Å². The second-order valence-corrected chi connectivity index (χ2v) is 2.99. The van der Waals surface area contributed by atoms with Crippen molar-refractivity contribution in [1.29, 1.82) is 0 Å². The normalized spacial score (nSPS) is 14.2. The summed E-state index contributed by atoms with van der Waals surface area (Å²) in [7, 11) is 0. The maximum Gasteiger partial charge on any atom is 0.203 e. The van der Waals surface area contributed by atoms with Gasteiger partial charge in [-0.3, -0.25) is 4.79 Å². The third-order valence-electron chi connectivity index (χ3n) is 1.76. The van der Waals surface area contributed by atoms with Crippen LogP contribution in [0.3, 0.4) is 0 Å². The van der Waals surface area contributed by atoms with E-state index >= 15 is 0 Å². The van der Waals surface area contributed by atoms with E-state index in [1.165, 1.54) is 0 Å². The minimum Gasteiger partial charge on any atom is -0.485 e. The van der Waals surface area contributed by atoms with E-state index in [9.17, 15) is 4.79 Å². The Kier molecular flexibility index (Phi) is 1.48. The van der Waals surface area contributed by atoms with E-state index < -0.39 is 0 Å². The van der Waals surface area contributed by atoms with Crippen LogP contribution in [-0.2, 0) is 0 Å². The summed E-state index contributed by atoms with van der Waals surface area (Å²) in [6, 6.07) is 3.12. The molecule has 0 bridgehead atoms. The first-order chi connectivity index (χ1) is 5.68. The van der Waals surface area contributed by atoms with Crippen molar-refractivity contribution >= 4 is 23.1 Å². The molecule has 12 heavy (non-hydrogen) atoms. The van der Waals surface area contributed by atoms with Crippen molar-refractivity contribution in [3.05, 3.63) is 22.7 Å². The fraction of sp³-hybridized carbons (Fsp3) is 0.125. The van der Waals surface area contributed by atoms with Crippen LogP contribution in [-0.4, -0.2) is 12.4 Å². The van der Waals surface area contributed by atoms with Crippen LogP contribution >= 0.6 is 11.6 Å². The van der Waals surface area contributed by atoms with Gasteiger partial charge in [0.05, 0.1) is 16.3 Å². The molecule has 0 saturated carbocycles. The maximum atomic E-state index is 11.1. The quantitative estimate of drug-likeness (QED) is 0.620. The lowest BCUT2D eigenvalue weighted by atomic mass is 10.1. The zero-order valence-corrected chi connectivity index (χ0v) is 6.89. The molecule has 0 amide bonds. The molecule has 1 aliphatic heterocycles. The van der Waals surface area contributed by atoms with Gasteiger partial charge in [-0.15, -0.1) is 0 Å². The predicted octanol–water partition coefficient (Wildman–Crippen LogP) is 1.50. The molecule has 1 aromatic carbocycles. The Morgan fingerprint density at radius 2 is 2.25 bits per heavy atom. The first-order valence-corrected chi connectivity index (χ1v) is 3.81. The molecular weight excluding hydrogens is 178 g/mol. The lowest BCUT2D eigenvalue weighted by Crippen LogP contribution is -1.98. The number of ether oxygens (including phenoxy) is 1. The van der Waals surface area contributed by atoms with Gasteiger partial charge in [-0.25, -0.2) is 0 Å². The first kappa shape index (κ1) is 7.43. The molecule has 0 radical (unpaired) electrons. The zero-order chi connectivity index (χ0) is 8.72. The van der Waals surface area contributed by atoms with E-state index in [4.69, 9.17) is 22.1 Å². The summed E-state index contributed by atoms with van der Waals surface area (Å²) in [5, 5.41) is 0.396. The van der Waals surface area contributed by atoms with E-state index in [0.29, 0.717) is 22.0 Å². The number of Topliss-reactive ketones (excluding diaryl/α,β-unsaturated/α-hetero) is 1. The van der Waals surface area contributed by atoms with Crippen LogP contribution in [0.15, 0.2) is 12.1 Å². The topological polar surface area (TPSA) is 52.3 Å². The van der Waals surface area contributed by atoms with Crippen molar-refractivity contribution in [3.63, 3.8) is 0 Å². The highest BCUT2D eigenvalue weighted by atomic mass is 35.5. The molecule has 0 aromatic heterocycles. The number of ketones is 1. The number of hydrogen-bond donors (Lipinski definition) is 1. The summed E-state index contributed by atoms with van der Waals surface area (Å²) in [5.74, 6) is 0.480. The molecule has 0 spiro atoms. The van der Waals surface area contributed by atoms with Crippen molar-refractivity contribution < 1.29 is 9.53 Å². The molecule has 2 N–H and O–H groups in total. The maximum absolute atomic E-state index is 11.1. The van der Waals surface area contributed by atoms with Crippen molar-refractivity contribution in [1.82, 2.24) is 0 Å². The van der Waals surface area contributed by atoms with Gasteiger partial charge in [0, 0.05) is 6.07 Å². The summed E-state index contributed by atoms with van der Waals surface area (Å²) in [6.07, 6.45) is 0. The molecule has 0 saturated heterocycles. The van der Waals surface area contributed by atoms with E-state index in [2.05, 4.69) is 0 Å². The Morgan fingerprint density at radius 1 is 1.50 bits per heavy atom. The molecule has 0 atom stereocenters. The summed E-state index contributed by atoms with van der Waals surface area (Å²) in [4.78, 5) is 11.1. The molecule has 1 heterocycles. The number of nitrogens with two attached hydrogens (primary N) is 1. The monoisotopic (exact) mass is 183 g/mol. The molecule has 1 aliphatic rings. The lowest BCUT2D eigenvalue weighted by molar-refractivity contribution is 0.0961. The Hall–Kier alpha value is -1.22. The molecule has 3 nitrogen and oxygen atoms in total. The Bertz CT molecular complexity index is 362. The minimum atomic E-state index is -0.0492. The van der Waals surface area contributed by atoms with Crippen LogP contribution in [0.1, 0.15) is 10.4 Å². The van der Waals surface area contributed by atoms with Gasteiger partial charge < -0.3 is 10.5 Å². The predicted molar refractivity (Wildman–Crippen MR) is 45.7 cm³/mol. The van der Waals surface area contributed by atoms with Gasteiger partial charge in [-0.05, 0) is 6.07 Å². The summed E-state index contributed by atoms with van der Waals surface area (Å²) in [5.41, 5.74) is 6.47. The van der Waals surface area contributed by atoms with Crippen molar-refractivity contribution in [2.75, 3.05) is 12.3 Å². The Labute approximate surface area is 74.1 Å². The van der Waals surface area contributed by atoms with E-state index in [-0.39, 0.29) is 12.4 Å². The SMILES string of the molecule is Nc1cc2c(cc1Cl)C(=O)CO2. The molecular formula is C8H6ClNO2. The van der Waals surface area contributed by atoms with Gasteiger partial charge in [0.1, 0.15) is 5.75 Å². The largest absolute Gasteiger partial charge is 0.485 e. The minimum absolute atomic E-state index is 0.0492. The summed E-state index contributed by atoms with van der Waals surface area (Å²) < 4.78 is 5.06. The molecule has 62 valence electrons. The van der Waals surface area contributed by atoms with Crippen LogP contribution in [0.4, 0.5) is 5.69 Å². The Morgan fingerprint density at radius 3 is 3.00 bits per heavy atom. The van der Waals surface area contributed by atoms with Crippen LogP contribution in [0.2, 0.25) is 5.02 Å². The number of anilines is 1. The van der Waals surface area contributed by atoms with Crippen LogP contribution in [0.25, 0.3) is 0 Å². The van der Waals surface area contributed by atoms with E-state index in [1.54, 1.807) is 12.1 Å². The van der Waals surface area contributed by atoms with Crippen molar-refractivity contribution in [2.45, 2.75) is 0 Å². The highest BCUT2D eigenvalue weighted by molar-refractivity contribution is 6.33. The number of benzene rings is 1. The zero-order valence-electron chi connectivity index (χ0n) is 6.13. The number of nitrogen functional groups attached to an aromatic ring is 1. The third kappa shape index (κ3) is 0.940. The molecule has 0 aliphatic carbocycles. The molecule has 0 unspecified atom stereocenters. The highest BCUT2D eigenvalue weighted by Crippen LogP contribution is 2.32. The van der Waals surface area contributed by atoms with Gasteiger partial charge in [0.2, 0.25) is 5.78 Å². The number of fused-ring (bicyclic) bond motifs is 1. The second-order valence-electron chi connectivity index (χ2n) is 2.58. The highest BCUT2D eigenvalue weighted by Gasteiger charge is 2.22. The number of halogens is 1. The van der Waals surface area contributed by atoms with Crippen molar-refractivity contribution in [2.24, 2.45) is 0 Å². The number of carbonyl (C=O) groups excluding carboxylic acids is 1. The molecule has 2 rings (SSSR count). The Balaban J connectivity index is 2.63. The third-order valence-corrected chi connectivity index (χ3v) is 2.09. The van der Waals surface area contributed by atoms with Crippen LogP contribution in [0, 0.1) is 0 Å². The van der Waals surface area contributed by atoms with Gasteiger partial charge in [-0.2, -0.15) is 0 Å². The molecule has 0 fully saturated rings. The number of carbonyl (C=O) groups is 1. The number of hydrogen-bond acceptors (Lipinski definition) is 3. The number of rotatable bonds is 0. The first-order valence-electron chi connectivity index (χ1n) is 3.43. The summed E-state index contributed by atoms with van der Waals surface area (Å²) in [6.45, 7) is 0.0924. The lowest BCUT2D eigenvalue weighted by Gasteiger charge is -2.00.